The summed E-state index contributed by atoms with van der Waals surface area (Å²) in [6.07, 6.45) is 0. The Hall–Kier alpha value is -2.72. The van der Waals surface area contributed by atoms with Crippen LogP contribution in [0.2, 0.25) is 5.02 Å². The lowest BCUT2D eigenvalue weighted by Crippen LogP contribution is -2.14. The molecule has 0 unspecified atom stereocenters. The van der Waals surface area contributed by atoms with Crippen LogP contribution in [0.5, 0.6) is 11.5 Å². The van der Waals surface area contributed by atoms with Crippen LogP contribution < -0.4 is 14.8 Å². The van der Waals surface area contributed by atoms with Gasteiger partial charge < -0.3 is 14.8 Å². The standard InChI is InChI=1S/C26H24ClNO2.ClH/c1-29-25-13-7-4-9-20(25)16-28-17-23-22-11-5-2-8-19(22)14-15-26(23)30-18-21-10-3-6-12-24(21)27;/h2-15,28H,16-18H2,1H3;1H. The summed E-state index contributed by atoms with van der Waals surface area (Å²) in [6.45, 7) is 1.81. The molecule has 0 aliphatic carbocycles. The number of hydrogen-bond acceptors (Lipinski definition) is 3. The van der Waals surface area contributed by atoms with Crippen molar-refractivity contribution in [2.75, 3.05) is 7.11 Å². The molecule has 0 aliphatic heterocycles. The van der Waals surface area contributed by atoms with Crippen molar-refractivity contribution in [3.05, 3.63) is 107 Å². The first-order chi connectivity index (χ1) is 14.8. The third-order valence-corrected chi connectivity index (χ3v) is 5.52. The van der Waals surface area contributed by atoms with E-state index in [0.717, 1.165) is 28.2 Å². The Bertz CT molecular complexity index is 1150. The van der Waals surface area contributed by atoms with Crippen molar-refractivity contribution in [3.63, 3.8) is 0 Å². The molecule has 3 nitrogen and oxygen atoms in total. The first-order valence-corrected chi connectivity index (χ1v) is 10.3. The molecule has 1 N–H and O–H groups in total. The predicted octanol–water partition coefficient (Wildman–Crippen LogP) is 6.79. The van der Waals surface area contributed by atoms with Crippen molar-refractivity contribution in [2.45, 2.75) is 19.7 Å². The Morgan fingerprint density at radius 2 is 1.45 bits per heavy atom. The van der Waals surface area contributed by atoms with E-state index in [9.17, 15) is 0 Å². The number of benzene rings is 4. The molecule has 0 heterocycles. The number of nitrogens with one attached hydrogen (secondary N) is 1. The number of hydrogen-bond donors (Lipinski definition) is 1. The summed E-state index contributed by atoms with van der Waals surface area (Å²) in [6, 6.07) is 28.3. The van der Waals surface area contributed by atoms with E-state index in [1.165, 1.54) is 10.8 Å². The molecular formula is C26H25Cl2NO2. The highest BCUT2D eigenvalue weighted by atomic mass is 35.5. The van der Waals surface area contributed by atoms with Gasteiger partial charge in [0.15, 0.2) is 0 Å². The molecule has 5 heteroatoms. The Morgan fingerprint density at radius 1 is 0.742 bits per heavy atom. The number of methoxy groups -OCH3 is 1. The lowest BCUT2D eigenvalue weighted by atomic mass is 10.0. The first kappa shape index (κ1) is 23.0. The minimum Gasteiger partial charge on any atom is -0.496 e. The van der Waals surface area contributed by atoms with E-state index in [-0.39, 0.29) is 12.4 Å². The van der Waals surface area contributed by atoms with Crippen molar-refractivity contribution in [1.29, 1.82) is 0 Å². The van der Waals surface area contributed by atoms with Crippen molar-refractivity contribution < 1.29 is 9.47 Å². The number of halogens is 2. The van der Waals surface area contributed by atoms with Crippen LogP contribution in [0.1, 0.15) is 16.7 Å². The molecule has 4 aromatic rings. The van der Waals surface area contributed by atoms with E-state index in [0.29, 0.717) is 24.7 Å². The fourth-order valence-electron chi connectivity index (χ4n) is 3.58. The molecular weight excluding hydrogens is 429 g/mol. The van der Waals surface area contributed by atoms with E-state index in [1.54, 1.807) is 7.11 Å². The monoisotopic (exact) mass is 453 g/mol. The number of para-hydroxylation sites is 1. The van der Waals surface area contributed by atoms with Crippen LogP contribution in [0.3, 0.4) is 0 Å². The van der Waals surface area contributed by atoms with Crippen LogP contribution >= 0.6 is 24.0 Å². The molecule has 0 aliphatic rings. The number of fused-ring (bicyclic) bond motifs is 1. The van der Waals surface area contributed by atoms with Crippen LogP contribution in [0.15, 0.2) is 84.9 Å². The zero-order valence-electron chi connectivity index (χ0n) is 17.3. The summed E-state index contributed by atoms with van der Waals surface area (Å²) in [7, 11) is 1.70. The molecule has 160 valence electrons. The van der Waals surface area contributed by atoms with E-state index in [1.807, 2.05) is 48.5 Å². The average Bonchev–Trinajstić information content (AvgIpc) is 2.79. The molecule has 0 aromatic heterocycles. The predicted molar refractivity (Wildman–Crippen MR) is 131 cm³/mol. The second-order valence-corrected chi connectivity index (χ2v) is 7.47. The highest BCUT2D eigenvalue weighted by Crippen LogP contribution is 2.30. The molecule has 4 rings (SSSR count). The molecule has 0 bridgehead atoms. The molecule has 0 saturated heterocycles. The smallest absolute Gasteiger partial charge is 0.124 e. The second kappa shape index (κ2) is 11.1. The zero-order valence-corrected chi connectivity index (χ0v) is 18.9. The van der Waals surface area contributed by atoms with Gasteiger partial charge in [0.05, 0.1) is 7.11 Å². The summed E-state index contributed by atoms with van der Waals surface area (Å²) in [4.78, 5) is 0. The average molecular weight is 454 g/mol. The zero-order chi connectivity index (χ0) is 20.8. The molecule has 4 aromatic carbocycles. The van der Waals surface area contributed by atoms with Crippen LogP contribution in [-0.4, -0.2) is 7.11 Å². The van der Waals surface area contributed by atoms with Gasteiger partial charge in [0.2, 0.25) is 0 Å². The number of rotatable bonds is 8. The minimum atomic E-state index is 0. The molecule has 0 saturated carbocycles. The Balaban J connectivity index is 0.00000272. The Labute approximate surface area is 194 Å². The maximum atomic E-state index is 6.30. The Morgan fingerprint density at radius 3 is 2.26 bits per heavy atom. The Kier molecular flexibility index (Phi) is 8.19. The van der Waals surface area contributed by atoms with Gasteiger partial charge in [-0.25, -0.2) is 0 Å². The normalized spacial score (nSPS) is 10.5. The van der Waals surface area contributed by atoms with Crippen LogP contribution in [0, 0.1) is 0 Å². The van der Waals surface area contributed by atoms with Crippen molar-refractivity contribution in [2.24, 2.45) is 0 Å². The van der Waals surface area contributed by atoms with Crippen molar-refractivity contribution >= 4 is 34.8 Å². The van der Waals surface area contributed by atoms with Gasteiger partial charge >= 0.3 is 0 Å². The third-order valence-electron chi connectivity index (χ3n) is 5.15. The van der Waals surface area contributed by atoms with E-state index < -0.39 is 0 Å². The van der Waals surface area contributed by atoms with Crippen LogP contribution in [0.25, 0.3) is 10.8 Å². The van der Waals surface area contributed by atoms with Crippen LogP contribution in [-0.2, 0) is 19.7 Å². The summed E-state index contributed by atoms with van der Waals surface area (Å²) in [5.41, 5.74) is 3.23. The molecule has 0 radical (unpaired) electrons. The van der Waals surface area contributed by atoms with Gasteiger partial charge in [-0.3, -0.25) is 0 Å². The fourth-order valence-corrected chi connectivity index (χ4v) is 3.77. The quantitative estimate of drug-likeness (QED) is 0.318. The largest absolute Gasteiger partial charge is 0.496 e. The van der Waals surface area contributed by atoms with Crippen molar-refractivity contribution in [3.8, 4) is 11.5 Å². The van der Waals surface area contributed by atoms with Gasteiger partial charge in [-0.05, 0) is 29.0 Å². The van der Waals surface area contributed by atoms with Gasteiger partial charge in [0.25, 0.3) is 0 Å². The maximum Gasteiger partial charge on any atom is 0.124 e. The lowest BCUT2D eigenvalue weighted by Gasteiger charge is -2.16. The molecule has 0 fully saturated rings. The molecule has 0 atom stereocenters. The highest BCUT2D eigenvalue weighted by molar-refractivity contribution is 6.31. The fraction of sp³-hybridized carbons (Fsp3) is 0.154. The summed E-state index contributed by atoms with van der Waals surface area (Å²) < 4.78 is 11.7. The SMILES string of the molecule is COc1ccccc1CNCc1c(OCc2ccccc2Cl)ccc2ccccc12.Cl. The lowest BCUT2D eigenvalue weighted by molar-refractivity contribution is 0.303. The van der Waals surface area contributed by atoms with Crippen LogP contribution in [0.4, 0.5) is 0 Å². The van der Waals surface area contributed by atoms with Crippen molar-refractivity contribution in [1.82, 2.24) is 5.32 Å². The first-order valence-electron chi connectivity index (χ1n) is 9.95. The second-order valence-electron chi connectivity index (χ2n) is 7.06. The third kappa shape index (κ3) is 5.50. The molecule has 0 amide bonds. The van der Waals surface area contributed by atoms with Gasteiger partial charge in [0, 0.05) is 34.8 Å². The number of ether oxygens (including phenoxy) is 2. The molecule has 31 heavy (non-hydrogen) atoms. The summed E-state index contributed by atoms with van der Waals surface area (Å²) in [5.74, 6) is 1.75. The van der Waals surface area contributed by atoms with E-state index in [2.05, 4.69) is 41.7 Å². The topological polar surface area (TPSA) is 30.5 Å². The minimum absolute atomic E-state index is 0. The van der Waals surface area contributed by atoms with Gasteiger partial charge in [0.1, 0.15) is 18.1 Å². The summed E-state index contributed by atoms with van der Waals surface area (Å²) in [5, 5.41) is 6.64. The van der Waals surface area contributed by atoms with E-state index >= 15 is 0 Å². The molecule has 0 spiro atoms. The highest BCUT2D eigenvalue weighted by Gasteiger charge is 2.11. The summed E-state index contributed by atoms with van der Waals surface area (Å²) >= 11 is 6.30. The van der Waals surface area contributed by atoms with Gasteiger partial charge in [-0.1, -0.05) is 78.3 Å². The van der Waals surface area contributed by atoms with E-state index in [4.69, 9.17) is 21.1 Å². The van der Waals surface area contributed by atoms with Gasteiger partial charge in [-0.2, -0.15) is 0 Å². The maximum absolute atomic E-state index is 6.30. The van der Waals surface area contributed by atoms with Gasteiger partial charge in [-0.15, -0.1) is 12.4 Å².